The van der Waals surface area contributed by atoms with Gasteiger partial charge >= 0.3 is 11.9 Å². The summed E-state index contributed by atoms with van der Waals surface area (Å²) in [5.41, 5.74) is 0.450. The van der Waals surface area contributed by atoms with Crippen LogP contribution in [0.5, 0.6) is 0 Å². The molecule has 0 spiro atoms. The third-order valence-corrected chi connectivity index (χ3v) is 3.06. The van der Waals surface area contributed by atoms with Crippen molar-refractivity contribution in [3.8, 4) is 0 Å². The summed E-state index contributed by atoms with van der Waals surface area (Å²) in [6.07, 6.45) is -1.11. The van der Waals surface area contributed by atoms with Crippen LogP contribution < -0.4 is 0 Å². The zero-order chi connectivity index (χ0) is 13.7. The molecule has 0 heterocycles. The van der Waals surface area contributed by atoms with Crippen molar-refractivity contribution in [2.24, 2.45) is 0 Å². The number of halogens is 1. The Hall–Kier alpha value is -1.40. The molecule has 0 saturated carbocycles. The summed E-state index contributed by atoms with van der Waals surface area (Å²) in [6.45, 7) is 2.41. The average Bonchev–Trinajstić information content (AvgIpc) is 2.27. The van der Waals surface area contributed by atoms with Gasteiger partial charge in [0.25, 0.3) is 6.29 Å². The molecule has 1 rings (SSSR count). The maximum Gasteiger partial charge on any atom is 0.305 e. The van der Waals surface area contributed by atoms with E-state index in [9.17, 15) is 13.8 Å². The lowest BCUT2D eigenvalue weighted by molar-refractivity contribution is -0.186. The fourth-order valence-electron chi connectivity index (χ4n) is 1.19. The summed E-state index contributed by atoms with van der Waals surface area (Å²) in [5, 5.41) is 0. The van der Waals surface area contributed by atoms with Crippen molar-refractivity contribution in [2.75, 3.05) is 0 Å². The van der Waals surface area contributed by atoms with Gasteiger partial charge in [0, 0.05) is 19.4 Å². The van der Waals surface area contributed by atoms with Gasteiger partial charge in [-0.3, -0.25) is 9.59 Å². The molecule has 0 amide bonds. The highest BCUT2D eigenvalue weighted by molar-refractivity contribution is 8.08. The van der Waals surface area contributed by atoms with E-state index in [1.54, 1.807) is 0 Å². The largest absolute Gasteiger partial charge is 0.421 e. The minimum atomic E-state index is -1.62. The number of hydrogen-bond donors (Lipinski definition) is 0. The van der Waals surface area contributed by atoms with Gasteiger partial charge in [0.1, 0.15) is 10.0 Å². The van der Waals surface area contributed by atoms with Gasteiger partial charge in [-0.25, -0.2) is 4.21 Å². The van der Waals surface area contributed by atoms with Crippen molar-refractivity contribution in [2.45, 2.75) is 25.0 Å². The minimum Gasteiger partial charge on any atom is -0.421 e. The summed E-state index contributed by atoms with van der Waals surface area (Å²) in [7, 11) is 3.79. The van der Waals surface area contributed by atoms with Crippen molar-refractivity contribution >= 4 is 32.6 Å². The maximum absolute atomic E-state index is 11.0. The molecule has 1 aromatic rings. The molecule has 0 fully saturated rings. The second kappa shape index (κ2) is 6.51. The van der Waals surface area contributed by atoms with Crippen molar-refractivity contribution in [1.82, 2.24) is 0 Å². The van der Waals surface area contributed by atoms with E-state index in [-0.39, 0.29) is 0 Å². The quantitative estimate of drug-likeness (QED) is 0.482. The Labute approximate surface area is 111 Å². The molecule has 0 aliphatic carbocycles. The highest BCUT2D eigenvalue weighted by Gasteiger charge is 2.18. The van der Waals surface area contributed by atoms with Crippen LogP contribution >= 0.6 is 10.7 Å². The number of rotatable bonds is 4. The molecule has 7 heteroatoms. The minimum absolute atomic E-state index is 0.407. The van der Waals surface area contributed by atoms with Crippen LogP contribution in [0.15, 0.2) is 29.2 Å². The molecule has 0 aliphatic rings. The fraction of sp³-hybridized carbons (Fsp3) is 0.273. The van der Waals surface area contributed by atoms with Gasteiger partial charge in [-0.1, -0.05) is 12.1 Å². The van der Waals surface area contributed by atoms with Crippen LogP contribution in [0.25, 0.3) is 0 Å². The Morgan fingerprint density at radius 3 is 1.89 bits per heavy atom. The maximum atomic E-state index is 11.0. The van der Waals surface area contributed by atoms with E-state index in [1.807, 2.05) is 0 Å². The van der Waals surface area contributed by atoms with E-state index in [4.69, 9.17) is 20.2 Å². The van der Waals surface area contributed by atoms with E-state index in [0.717, 1.165) is 0 Å². The lowest BCUT2D eigenvalue weighted by atomic mass is 10.2. The van der Waals surface area contributed by atoms with E-state index < -0.39 is 28.2 Å². The predicted molar refractivity (Wildman–Crippen MR) is 65.0 cm³/mol. The summed E-state index contributed by atoms with van der Waals surface area (Å²) >= 11 is 0. The highest BCUT2D eigenvalue weighted by Crippen LogP contribution is 2.21. The van der Waals surface area contributed by atoms with Gasteiger partial charge in [0.05, 0.1) is 4.90 Å². The van der Waals surface area contributed by atoms with Crippen LogP contribution in [0, 0.1) is 0 Å². The topological polar surface area (TPSA) is 69.7 Å². The zero-order valence-electron chi connectivity index (χ0n) is 9.71. The van der Waals surface area contributed by atoms with Crippen LogP contribution in [-0.2, 0) is 29.1 Å². The number of ether oxygens (including phenoxy) is 2. The normalized spacial score (nSPS) is 12.0. The van der Waals surface area contributed by atoms with Gasteiger partial charge in [-0.15, -0.1) is 0 Å². The van der Waals surface area contributed by atoms with E-state index >= 15 is 0 Å². The van der Waals surface area contributed by atoms with Crippen molar-refractivity contribution in [3.05, 3.63) is 29.8 Å². The molecule has 0 saturated heterocycles. The standard InChI is InChI=1S/C11H11ClO5S/c1-7(13)16-11(17-8(2)14)9-3-5-10(6-4-9)18(12)15/h3-6,11H,1-2H3. The molecule has 1 unspecified atom stereocenters. The first-order valence-electron chi connectivity index (χ1n) is 4.92. The summed E-state index contributed by atoms with van der Waals surface area (Å²) in [5.74, 6) is -1.16. The molecule has 0 bridgehead atoms. The first-order chi connectivity index (χ1) is 8.40. The van der Waals surface area contributed by atoms with Crippen LogP contribution in [0.3, 0.4) is 0 Å². The fourth-order valence-corrected chi connectivity index (χ4v) is 1.85. The molecule has 1 aromatic carbocycles. The average molecular weight is 291 g/mol. The van der Waals surface area contributed by atoms with Gasteiger partial charge in [-0.05, 0) is 22.8 Å². The molecule has 0 N–H and O–H groups in total. The van der Waals surface area contributed by atoms with Crippen molar-refractivity contribution in [3.63, 3.8) is 0 Å². The van der Waals surface area contributed by atoms with E-state index in [1.165, 1.54) is 38.1 Å². The van der Waals surface area contributed by atoms with Gasteiger partial charge in [0.2, 0.25) is 0 Å². The molecule has 0 aliphatic heterocycles. The zero-order valence-corrected chi connectivity index (χ0v) is 11.3. The second-order valence-electron chi connectivity index (χ2n) is 3.34. The summed E-state index contributed by atoms with van der Waals surface area (Å²) in [6, 6.07) is 6.04. The molecule has 0 radical (unpaired) electrons. The van der Waals surface area contributed by atoms with Crippen molar-refractivity contribution < 1.29 is 23.3 Å². The van der Waals surface area contributed by atoms with Crippen LogP contribution in [0.1, 0.15) is 25.7 Å². The van der Waals surface area contributed by atoms with E-state index in [2.05, 4.69) is 0 Å². The number of carbonyl (C=O) groups excluding carboxylic acids is 2. The second-order valence-corrected chi connectivity index (χ2v) is 5.10. The summed E-state index contributed by atoms with van der Waals surface area (Å²) < 4.78 is 20.7. The lowest BCUT2D eigenvalue weighted by Crippen LogP contribution is -2.14. The van der Waals surface area contributed by atoms with Crippen LogP contribution in [0.4, 0.5) is 0 Å². The predicted octanol–water partition coefficient (Wildman–Crippen LogP) is 2.07. The Bertz CT molecular complexity index is 455. The first-order valence-corrected chi connectivity index (χ1v) is 6.90. The summed E-state index contributed by atoms with van der Waals surface area (Å²) in [4.78, 5) is 22.2. The number of carbonyl (C=O) groups is 2. The molecular weight excluding hydrogens is 280 g/mol. The highest BCUT2D eigenvalue weighted by atomic mass is 35.7. The lowest BCUT2D eigenvalue weighted by Gasteiger charge is -2.16. The van der Waals surface area contributed by atoms with Gasteiger partial charge < -0.3 is 9.47 Å². The molecular formula is C11H11ClO5S. The van der Waals surface area contributed by atoms with Crippen molar-refractivity contribution in [1.29, 1.82) is 0 Å². The molecule has 0 aromatic heterocycles. The smallest absolute Gasteiger partial charge is 0.305 e. The first kappa shape index (κ1) is 14.7. The number of benzene rings is 1. The Morgan fingerprint density at radius 2 is 1.56 bits per heavy atom. The third-order valence-electron chi connectivity index (χ3n) is 1.88. The Balaban J connectivity index is 2.93. The van der Waals surface area contributed by atoms with Gasteiger partial charge in [-0.2, -0.15) is 0 Å². The Morgan fingerprint density at radius 1 is 1.11 bits per heavy atom. The number of esters is 2. The molecule has 18 heavy (non-hydrogen) atoms. The third kappa shape index (κ3) is 4.46. The SMILES string of the molecule is CC(=O)OC(OC(C)=O)c1ccc(S(=O)Cl)cc1. The number of hydrogen-bond acceptors (Lipinski definition) is 5. The molecule has 1 atom stereocenters. The van der Waals surface area contributed by atoms with Crippen LogP contribution in [-0.4, -0.2) is 16.1 Å². The van der Waals surface area contributed by atoms with Crippen LogP contribution in [0.2, 0.25) is 0 Å². The molecule has 98 valence electrons. The monoisotopic (exact) mass is 290 g/mol. The molecule has 5 nitrogen and oxygen atoms in total. The van der Waals surface area contributed by atoms with E-state index in [0.29, 0.717) is 10.5 Å². The Kier molecular flexibility index (Phi) is 5.30. The van der Waals surface area contributed by atoms with Gasteiger partial charge in [0.15, 0.2) is 0 Å².